The smallest absolute Gasteiger partial charge is 0.0640 e. The van der Waals surface area contributed by atoms with Crippen molar-refractivity contribution in [2.45, 2.75) is 78.1 Å². The van der Waals surface area contributed by atoms with Gasteiger partial charge < -0.3 is 20.3 Å². The van der Waals surface area contributed by atoms with Gasteiger partial charge in [0, 0.05) is 55.8 Å². The second kappa shape index (κ2) is 9.83. The Kier molecular flexibility index (Phi) is 9.01. The molecule has 1 saturated heterocycles. The summed E-state index contributed by atoms with van der Waals surface area (Å²) in [5.74, 6) is 0.534. The lowest BCUT2D eigenvalue weighted by Crippen LogP contribution is -2.54. The zero-order valence-electron chi connectivity index (χ0n) is 19.0. The number of nitrogens with two attached hydrogens (primary N) is 1. The second-order valence-corrected chi connectivity index (χ2v) is 10.4. The van der Waals surface area contributed by atoms with Crippen LogP contribution in [0.3, 0.4) is 0 Å². The molecule has 0 spiro atoms. The number of likely N-dealkylation sites (tertiary alicyclic amines) is 1. The van der Waals surface area contributed by atoms with Gasteiger partial charge in [0.05, 0.1) is 12.7 Å². The van der Waals surface area contributed by atoms with Gasteiger partial charge in [-0.3, -0.25) is 4.90 Å². The summed E-state index contributed by atoms with van der Waals surface area (Å²) in [7, 11) is 4.46. The number of ether oxygens (including phenoxy) is 1. The molecule has 2 unspecified atom stereocenters. The maximum atomic E-state index is 6.21. The van der Waals surface area contributed by atoms with E-state index in [1.807, 2.05) is 6.92 Å². The molecule has 0 aromatic heterocycles. The van der Waals surface area contributed by atoms with Crippen molar-refractivity contribution in [2.24, 2.45) is 11.7 Å². The van der Waals surface area contributed by atoms with Crippen LogP contribution in [0, 0.1) is 5.92 Å². The van der Waals surface area contributed by atoms with Crippen molar-refractivity contribution in [1.29, 1.82) is 0 Å². The molecule has 0 bridgehead atoms. The van der Waals surface area contributed by atoms with Gasteiger partial charge in [-0.05, 0) is 69.0 Å². The third-order valence-electron chi connectivity index (χ3n) is 5.69. The minimum absolute atomic E-state index is 0.106. The highest BCUT2D eigenvalue weighted by Crippen LogP contribution is 2.26. The molecular formula is C21H46N4O. The molecule has 0 aromatic rings. The Morgan fingerprint density at radius 3 is 2.23 bits per heavy atom. The maximum absolute atomic E-state index is 6.21. The van der Waals surface area contributed by atoms with E-state index in [2.05, 4.69) is 70.3 Å². The molecule has 1 fully saturated rings. The third kappa shape index (κ3) is 8.22. The van der Waals surface area contributed by atoms with Crippen LogP contribution < -0.4 is 5.73 Å². The number of rotatable bonds is 8. The van der Waals surface area contributed by atoms with Gasteiger partial charge in [0.1, 0.15) is 0 Å². The van der Waals surface area contributed by atoms with Crippen molar-refractivity contribution < 1.29 is 4.74 Å². The Morgan fingerprint density at radius 2 is 1.73 bits per heavy atom. The van der Waals surface area contributed by atoms with Gasteiger partial charge in [0.15, 0.2) is 0 Å². The van der Waals surface area contributed by atoms with Crippen LogP contribution in [0.15, 0.2) is 0 Å². The quantitative estimate of drug-likeness (QED) is 0.711. The SMILES string of the molecule is C[C@H](N)COC1CCN(C(C)(C)C)CC1CN(C)CCN(C)C(C)(C)C. The standard InChI is InChI=1S/C21H46N4O/c1-17(22)16-26-19-10-11-25(21(5,6)7)15-18(19)14-23(8)12-13-24(9)20(2,3)4/h17-19H,10-16,22H2,1-9H3/t17-,18?,19?/m0/s1. The number of likely N-dealkylation sites (N-methyl/N-ethyl adjacent to an activating group) is 2. The summed E-state index contributed by atoms with van der Waals surface area (Å²) in [4.78, 5) is 7.51. The number of hydrogen-bond acceptors (Lipinski definition) is 5. The van der Waals surface area contributed by atoms with E-state index in [1.54, 1.807) is 0 Å². The second-order valence-electron chi connectivity index (χ2n) is 10.4. The summed E-state index contributed by atoms with van der Waals surface area (Å²) < 4.78 is 6.21. The molecule has 0 amide bonds. The number of hydrogen-bond donors (Lipinski definition) is 1. The number of nitrogens with zero attached hydrogens (tertiary/aromatic N) is 3. The van der Waals surface area contributed by atoms with Crippen molar-refractivity contribution in [1.82, 2.24) is 14.7 Å². The molecule has 1 aliphatic rings. The number of piperidine rings is 1. The van der Waals surface area contributed by atoms with Gasteiger partial charge in [-0.25, -0.2) is 0 Å². The predicted octanol–water partition coefficient (Wildman–Crippen LogP) is 2.50. The van der Waals surface area contributed by atoms with Crippen LogP contribution >= 0.6 is 0 Å². The third-order valence-corrected chi connectivity index (χ3v) is 5.69. The van der Waals surface area contributed by atoms with Gasteiger partial charge in [0.2, 0.25) is 0 Å². The van der Waals surface area contributed by atoms with Crippen molar-refractivity contribution in [3.05, 3.63) is 0 Å². The van der Waals surface area contributed by atoms with E-state index in [0.717, 1.165) is 39.1 Å². The topological polar surface area (TPSA) is 45.0 Å². The Labute approximate surface area is 163 Å². The zero-order chi connectivity index (χ0) is 20.1. The minimum atomic E-state index is 0.106. The lowest BCUT2D eigenvalue weighted by Gasteiger charge is -2.46. The largest absolute Gasteiger partial charge is 0.376 e. The molecule has 0 saturated carbocycles. The molecule has 1 aliphatic heterocycles. The monoisotopic (exact) mass is 370 g/mol. The highest BCUT2D eigenvalue weighted by Gasteiger charge is 2.35. The van der Waals surface area contributed by atoms with Crippen molar-refractivity contribution in [2.75, 3.05) is 53.4 Å². The first-order valence-corrected chi connectivity index (χ1v) is 10.3. The highest BCUT2D eigenvalue weighted by atomic mass is 16.5. The molecule has 156 valence electrons. The van der Waals surface area contributed by atoms with Crippen molar-refractivity contribution in [3.63, 3.8) is 0 Å². The summed E-state index contributed by atoms with van der Waals surface area (Å²) in [6.45, 7) is 21.9. The summed E-state index contributed by atoms with van der Waals surface area (Å²) in [6, 6.07) is 0.106. The first kappa shape index (κ1) is 23.8. The molecule has 5 heteroatoms. The molecule has 1 heterocycles. The molecule has 0 radical (unpaired) electrons. The average molecular weight is 371 g/mol. The Hall–Kier alpha value is -0.200. The van der Waals surface area contributed by atoms with Crippen LogP contribution in [-0.2, 0) is 4.74 Å². The molecule has 26 heavy (non-hydrogen) atoms. The molecule has 0 aromatic carbocycles. The zero-order valence-corrected chi connectivity index (χ0v) is 19.0. The molecule has 2 N–H and O–H groups in total. The van der Waals surface area contributed by atoms with Gasteiger partial charge in [-0.2, -0.15) is 0 Å². The van der Waals surface area contributed by atoms with E-state index in [1.165, 1.54) is 0 Å². The van der Waals surface area contributed by atoms with Crippen molar-refractivity contribution >= 4 is 0 Å². The van der Waals surface area contributed by atoms with Crippen LogP contribution in [0.2, 0.25) is 0 Å². The van der Waals surface area contributed by atoms with Crippen LogP contribution in [0.1, 0.15) is 54.9 Å². The van der Waals surface area contributed by atoms with Crippen LogP contribution in [0.5, 0.6) is 0 Å². The average Bonchev–Trinajstić information content (AvgIpc) is 2.49. The van der Waals surface area contributed by atoms with Crippen LogP contribution in [0.4, 0.5) is 0 Å². The fourth-order valence-corrected chi connectivity index (χ4v) is 3.44. The lowest BCUT2D eigenvalue weighted by atomic mass is 9.90. The molecular weight excluding hydrogens is 324 g/mol. The molecule has 5 nitrogen and oxygen atoms in total. The van der Waals surface area contributed by atoms with Gasteiger partial charge in [0.25, 0.3) is 0 Å². The molecule has 1 rings (SSSR count). The predicted molar refractivity (Wildman–Crippen MR) is 113 cm³/mol. The van der Waals surface area contributed by atoms with Gasteiger partial charge in [-0.1, -0.05) is 0 Å². The fraction of sp³-hybridized carbons (Fsp3) is 1.00. The van der Waals surface area contributed by atoms with E-state index >= 15 is 0 Å². The van der Waals surface area contributed by atoms with E-state index in [-0.39, 0.29) is 17.1 Å². The van der Waals surface area contributed by atoms with E-state index in [4.69, 9.17) is 10.5 Å². The summed E-state index contributed by atoms with van der Waals surface area (Å²) in [5, 5.41) is 0. The normalized spacial score (nSPS) is 24.5. The molecule has 3 atom stereocenters. The highest BCUT2D eigenvalue weighted by molar-refractivity contribution is 4.89. The summed E-state index contributed by atoms with van der Waals surface area (Å²) in [6.07, 6.45) is 1.42. The Bertz CT molecular complexity index is 400. The van der Waals surface area contributed by atoms with E-state index in [9.17, 15) is 0 Å². The van der Waals surface area contributed by atoms with Gasteiger partial charge in [-0.15, -0.1) is 0 Å². The van der Waals surface area contributed by atoms with Crippen LogP contribution in [0.25, 0.3) is 0 Å². The first-order valence-electron chi connectivity index (χ1n) is 10.3. The minimum Gasteiger partial charge on any atom is -0.376 e. The molecule has 0 aliphatic carbocycles. The summed E-state index contributed by atoms with van der Waals surface area (Å²) >= 11 is 0. The van der Waals surface area contributed by atoms with E-state index in [0.29, 0.717) is 18.6 Å². The summed E-state index contributed by atoms with van der Waals surface area (Å²) in [5.41, 5.74) is 6.36. The van der Waals surface area contributed by atoms with Gasteiger partial charge >= 0.3 is 0 Å². The fourth-order valence-electron chi connectivity index (χ4n) is 3.44. The Morgan fingerprint density at radius 1 is 1.12 bits per heavy atom. The first-order chi connectivity index (χ1) is 11.8. The van der Waals surface area contributed by atoms with E-state index < -0.39 is 0 Å². The lowest BCUT2D eigenvalue weighted by molar-refractivity contribution is -0.0622. The maximum Gasteiger partial charge on any atom is 0.0640 e. The Balaban J connectivity index is 2.64. The van der Waals surface area contributed by atoms with Crippen LogP contribution in [-0.4, -0.2) is 91.3 Å². The van der Waals surface area contributed by atoms with Crippen molar-refractivity contribution in [3.8, 4) is 0 Å².